The minimum Gasteiger partial charge on any atom is -0.387 e. The Morgan fingerprint density at radius 1 is 1.56 bits per heavy atom. The van der Waals surface area contributed by atoms with Crippen LogP contribution in [0.15, 0.2) is 12.3 Å². The lowest BCUT2D eigenvalue weighted by atomic mass is 10.1. The number of rotatable bonds is 3. The molecule has 0 fully saturated rings. The van der Waals surface area contributed by atoms with Crippen LogP contribution in [0.5, 0.6) is 0 Å². The fourth-order valence-corrected chi connectivity index (χ4v) is 4.48. The van der Waals surface area contributed by atoms with Crippen LogP contribution in [0.1, 0.15) is 27.1 Å². The molecule has 18 heavy (non-hydrogen) atoms. The molecule has 1 unspecified atom stereocenters. The summed E-state index contributed by atoms with van der Waals surface area (Å²) in [6.07, 6.45) is 3.08. The predicted molar refractivity (Wildman–Crippen MR) is 73.9 cm³/mol. The number of nitrogens with zero attached hydrogens (tertiary/aromatic N) is 3. The molecule has 6 heteroatoms. The molecule has 0 bridgehead atoms. The van der Waals surface area contributed by atoms with Crippen molar-refractivity contribution in [2.24, 2.45) is 7.05 Å². The van der Waals surface area contributed by atoms with E-state index in [4.69, 9.17) is 0 Å². The Hall–Kier alpha value is -0.850. The van der Waals surface area contributed by atoms with Gasteiger partial charge in [-0.3, -0.25) is 4.68 Å². The third-order valence-electron chi connectivity index (χ3n) is 3.03. The number of thioether (sulfide) groups is 1. The van der Waals surface area contributed by atoms with E-state index in [0.717, 1.165) is 22.7 Å². The highest BCUT2D eigenvalue weighted by molar-refractivity contribution is 7.98. The molecule has 0 saturated heterocycles. The molecule has 1 aliphatic heterocycles. The number of hydrogen-bond donors (Lipinski definition) is 1. The number of fused-ring (bicyclic) bond motifs is 1. The summed E-state index contributed by atoms with van der Waals surface area (Å²) in [4.78, 5) is 2.51. The largest absolute Gasteiger partial charge is 0.387 e. The number of aromatic nitrogens is 3. The standard InChI is InChI=1S/C12H15N3OS2/c1-15-6-9(13-14-15)5-10(16)12-4-8-7-17-3-2-11(8)18-12/h4,6,10,16H,2-3,5,7H2,1H3. The summed E-state index contributed by atoms with van der Waals surface area (Å²) in [7, 11) is 1.84. The van der Waals surface area contributed by atoms with Crippen LogP contribution in [0, 0.1) is 0 Å². The molecule has 0 saturated carbocycles. The zero-order chi connectivity index (χ0) is 12.5. The second-order valence-electron chi connectivity index (χ2n) is 4.50. The van der Waals surface area contributed by atoms with Gasteiger partial charge in [-0.05, 0) is 23.8 Å². The number of aryl methyl sites for hydroxylation is 2. The van der Waals surface area contributed by atoms with Crippen LogP contribution >= 0.6 is 23.1 Å². The van der Waals surface area contributed by atoms with Crippen LogP contribution in [-0.4, -0.2) is 25.9 Å². The number of hydrogen-bond acceptors (Lipinski definition) is 5. The molecule has 3 heterocycles. The minimum atomic E-state index is -0.456. The molecule has 0 aliphatic carbocycles. The first-order valence-electron chi connectivity index (χ1n) is 5.95. The van der Waals surface area contributed by atoms with Crippen molar-refractivity contribution < 1.29 is 5.11 Å². The summed E-state index contributed by atoms with van der Waals surface area (Å²) in [5, 5.41) is 18.2. The van der Waals surface area contributed by atoms with Crippen molar-refractivity contribution in [2.45, 2.75) is 24.7 Å². The Bertz CT molecular complexity index is 526. The summed E-state index contributed by atoms with van der Waals surface area (Å²) < 4.78 is 1.66. The highest BCUT2D eigenvalue weighted by atomic mass is 32.2. The first-order chi connectivity index (χ1) is 8.72. The molecule has 2 aromatic rings. The van der Waals surface area contributed by atoms with E-state index in [1.807, 2.05) is 25.0 Å². The van der Waals surface area contributed by atoms with E-state index < -0.39 is 6.10 Å². The molecular formula is C12H15N3OS2. The third kappa shape index (κ3) is 2.46. The number of aliphatic hydroxyl groups excluding tert-OH is 1. The summed E-state index contributed by atoms with van der Waals surface area (Å²) in [6, 6.07) is 2.16. The van der Waals surface area contributed by atoms with E-state index in [9.17, 15) is 5.11 Å². The fourth-order valence-electron chi connectivity index (χ4n) is 2.12. The highest BCUT2D eigenvalue weighted by Crippen LogP contribution is 2.35. The van der Waals surface area contributed by atoms with Gasteiger partial charge < -0.3 is 5.11 Å². The normalized spacial score (nSPS) is 16.6. The van der Waals surface area contributed by atoms with Crippen molar-refractivity contribution >= 4 is 23.1 Å². The lowest BCUT2D eigenvalue weighted by Crippen LogP contribution is -2.00. The average Bonchev–Trinajstić information content (AvgIpc) is 2.95. The fraction of sp³-hybridized carbons (Fsp3) is 0.500. The van der Waals surface area contributed by atoms with Crippen molar-refractivity contribution in [1.82, 2.24) is 15.0 Å². The van der Waals surface area contributed by atoms with Crippen molar-refractivity contribution in [2.75, 3.05) is 5.75 Å². The average molecular weight is 281 g/mol. The van der Waals surface area contributed by atoms with Crippen molar-refractivity contribution in [3.8, 4) is 0 Å². The van der Waals surface area contributed by atoms with E-state index in [-0.39, 0.29) is 0 Å². The van der Waals surface area contributed by atoms with Gasteiger partial charge in [0, 0.05) is 35.2 Å². The van der Waals surface area contributed by atoms with Crippen LogP contribution in [0.3, 0.4) is 0 Å². The first kappa shape index (κ1) is 12.2. The van der Waals surface area contributed by atoms with Crippen LogP contribution in [0.2, 0.25) is 0 Å². The first-order valence-corrected chi connectivity index (χ1v) is 7.92. The molecule has 1 aliphatic rings. The van der Waals surface area contributed by atoms with Gasteiger partial charge >= 0.3 is 0 Å². The van der Waals surface area contributed by atoms with Crippen LogP contribution < -0.4 is 0 Å². The van der Waals surface area contributed by atoms with Crippen molar-refractivity contribution in [3.05, 3.63) is 33.3 Å². The lowest BCUT2D eigenvalue weighted by Gasteiger charge is -2.08. The van der Waals surface area contributed by atoms with Crippen molar-refractivity contribution in [3.63, 3.8) is 0 Å². The third-order valence-corrected chi connectivity index (χ3v) is 5.37. The molecule has 2 aromatic heterocycles. The Kier molecular flexibility index (Phi) is 3.41. The van der Waals surface area contributed by atoms with E-state index in [2.05, 4.69) is 16.4 Å². The number of thiophene rings is 1. The molecule has 0 amide bonds. The highest BCUT2D eigenvalue weighted by Gasteiger charge is 2.18. The summed E-state index contributed by atoms with van der Waals surface area (Å²) in [5.74, 6) is 2.29. The summed E-state index contributed by atoms with van der Waals surface area (Å²) in [5.41, 5.74) is 2.25. The Morgan fingerprint density at radius 2 is 2.44 bits per heavy atom. The molecule has 0 radical (unpaired) electrons. The predicted octanol–water partition coefficient (Wildman–Crippen LogP) is 1.94. The molecule has 96 valence electrons. The zero-order valence-corrected chi connectivity index (χ0v) is 11.8. The maximum absolute atomic E-state index is 10.3. The van der Waals surface area contributed by atoms with E-state index in [0.29, 0.717) is 6.42 Å². The number of aliphatic hydroxyl groups is 1. The second kappa shape index (κ2) is 5.03. The second-order valence-corrected chi connectivity index (χ2v) is 6.78. The van der Waals surface area contributed by atoms with E-state index in [1.165, 1.54) is 16.2 Å². The van der Waals surface area contributed by atoms with Crippen LogP contribution in [-0.2, 0) is 25.6 Å². The Balaban J connectivity index is 1.75. The molecule has 1 atom stereocenters. The van der Waals surface area contributed by atoms with Gasteiger partial charge in [0.2, 0.25) is 0 Å². The summed E-state index contributed by atoms with van der Waals surface area (Å²) >= 11 is 3.72. The van der Waals surface area contributed by atoms with Gasteiger partial charge in [-0.2, -0.15) is 11.8 Å². The van der Waals surface area contributed by atoms with E-state index in [1.54, 1.807) is 16.0 Å². The lowest BCUT2D eigenvalue weighted by molar-refractivity contribution is 0.181. The molecular weight excluding hydrogens is 266 g/mol. The van der Waals surface area contributed by atoms with Gasteiger partial charge in [0.15, 0.2) is 0 Å². The monoisotopic (exact) mass is 281 g/mol. The molecule has 1 N–H and O–H groups in total. The molecule has 3 rings (SSSR count). The maximum atomic E-state index is 10.3. The molecule has 0 aromatic carbocycles. The van der Waals surface area contributed by atoms with Gasteiger partial charge in [-0.15, -0.1) is 16.4 Å². The van der Waals surface area contributed by atoms with Gasteiger partial charge in [0.25, 0.3) is 0 Å². The quantitative estimate of drug-likeness (QED) is 0.934. The SMILES string of the molecule is Cn1cc(CC(O)c2cc3c(s2)CCSC3)nn1. The topological polar surface area (TPSA) is 50.9 Å². The maximum Gasteiger partial charge on any atom is 0.0938 e. The van der Waals surface area contributed by atoms with E-state index >= 15 is 0 Å². The minimum absolute atomic E-state index is 0.456. The molecule has 4 nitrogen and oxygen atoms in total. The Morgan fingerprint density at radius 3 is 3.17 bits per heavy atom. The smallest absolute Gasteiger partial charge is 0.0938 e. The van der Waals surface area contributed by atoms with Gasteiger partial charge in [-0.25, -0.2) is 0 Å². The Labute approximate surface area is 114 Å². The molecule has 0 spiro atoms. The van der Waals surface area contributed by atoms with Crippen LogP contribution in [0.4, 0.5) is 0 Å². The van der Waals surface area contributed by atoms with Crippen molar-refractivity contribution in [1.29, 1.82) is 0 Å². The van der Waals surface area contributed by atoms with Gasteiger partial charge in [-0.1, -0.05) is 5.21 Å². The summed E-state index contributed by atoms with van der Waals surface area (Å²) in [6.45, 7) is 0. The van der Waals surface area contributed by atoms with Crippen LogP contribution in [0.25, 0.3) is 0 Å². The zero-order valence-electron chi connectivity index (χ0n) is 10.2. The van der Waals surface area contributed by atoms with Gasteiger partial charge in [0.1, 0.15) is 0 Å². The van der Waals surface area contributed by atoms with Gasteiger partial charge in [0.05, 0.1) is 11.8 Å².